The Morgan fingerprint density at radius 3 is 2.35 bits per heavy atom. The van der Waals surface area contributed by atoms with E-state index in [-0.39, 0.29) is 18.2 Å². The van der Waals surface area contributed by atoms with Gasteiger partial charge in [0.1, 0.15) is 10.1 Å². The number of hydrogen-bond donors (Lipinski definition) is 0. The molecule has 0 spiro atoms. The third kappa shape index (κ3) is 3.60. The van der Waals surface area contributed by atoms with Gasteiger partial charge in [0.15, 0.2) is 12.4 Å². The average molecular weight is 329 g/mol. The van der Waals surface area contributed by atoms with Gasteiger partial charge in [-0.2, -0.15) is 0 Å². The summed E-state index contributed by atoms with van der Waals surface area (Å²) in [5.41, 5.74) is 0.957. The van der Waals surface area contributed by atoms with E-state index in [0.29, 0.717) is 25.5 Å². The number of carbonyl (C=O) groups is 2. The van der Waals surface area contributed by atoms with Crippen molar-refractivity contribution in [2.75, 3.05) is 6.61 Å². The van der Waals surface area contributed by atoms with E-state index in [4.69, 9.17) is 27.9 Å². The molecule has 2 aromatic rings. The van der Waals surface area contributed by atoms with Gasteiger partial charge in [-0.1, -0.05) is 23.2 Å². The molecule has 0 saturated heterocycles. The van der Waals surface area contributed by atoms with Gasteiger partial charge in [0, 0.05) is 5.56 Å². The first-order valence-electron chi connectivity index (χ1n) is 5.69. The maximum absolute atomic E-state index is 11.9. The summed E-state index contributed by atoms with van der Waals surface area (Å²) >= 11 is 12.8. The average Bonchev–Trinajstić information content (AvgIpc) is 2.75. The van der Waals surface area contributed by atoms with Crippen molar-refractivity contribution in [1.29, 1.82) is 0 Å². The van der Waals surface area contributed by atoms with Gasteiger partial charge >= 0.3 is 0 Å². The minimum atomic E-state index is -0.242. The van der Waals surface area contributed by atoms with Crippen LogP contribution < -0.4 is 4.74 Å². The first kappa shape index (κ1) is 15.0. The molecule has 0 atom stereocenters. The molecule has 1 heterocycles. The molecule has 0 radical (unpaired) electrons. The zero-order chi connectivity index (χ0) is 14.7. The van der Waals surface area contributed by atoms with Crippen molar-refractivity contribution >= 4 is 46.1 Å². The molecule has 0 bridgehead atoms. The molecule has 1 aromatic heterocycles. The van der Waals surface area contributed by atoms with Crippen molar-refractivity contribution < 1.29 is 14.3 Å². The number of carbonyl (C=O) groups excluding carboxylic acids is 2. The Labute approximate surface area is 130 Å². The van der Waals surface area contributed by atoms with Crippen LogP contribution in [-0.2, 0) is 0 Å². The third-order valence-electron chi connectivity index (χ3n) is 2.59. The summed E-state index contributed by atoms with van der Waals surface area (Å²) < 4.78 is 6.18. The highest BCUT2D eigenvalue weighted by atomic mass is 35.5. The molecule has 0 aliphatic heterocycles. The molecule has 0 fully saturated rings. The number of ketones is 2. The van der Waals surface area contributed by atoms with Gasteiger partial charge in [-0.25, -0.2) is 0 Å². The fourth-order valence-electron chi connectivity index (χ4n) is 1.54. The largest absolute Gasteiger partial charge is 0.485 e. The van der Waals surface area contributed by atoms with Crippen LogP contribution in [0.4, 0.5) is 0 Å². The van der Waals surface area contributed by atoms with Crippen LogP contribution >= 0.6 is 34.5 Å². The van der Waals surface area contributed by atoms with Crippen LogP contribution in [-0.4, -0.2) is 18.2 Å². The minimum absolute atomic E-state index is 0.0210. The Balaban J connectivity index is 2.00. The van der Waals surface area contributed by atoms with Crippen LogP contribution in [0.25, 0.3) is 0 Å². The predicted octanol–water partition coefficient (Wildman–Crippen LogP) is 4.52. The first-order chi connectivity index (χ1) is 9.47. The highest BCUT2D eigenvalue weighted by Gasteiger charge is 2.14. The van der Waals surface area contributed by atoms with Gasteiger partial charge in [-0.15, -0.1) is 11.3 Å². The van der Waals surface area contributed by atoms with E-state index < -0.39 is 0 Å². The molecule has 0 N–H and O–H groups in total. The van der Waals surface area contributed by atoms with Crippen molar-refractivity contribution in [3.63, 3.8) is 0 Å². The summed E-state index contributed by atoms with van der Waals surface area (Å²) in [6.07, 6.45) is 0. The van der Waals surface area contributed by atoms with Crippen LogP contribution in [0.5, 0.6) is 5.75 Å². The lowest BCUT2D eigenvalue weighted by molar-refractivity contribution is 0.0921. The van der Waals surface area contributed by atoms with Gasteiger partial charge in [0.2, 0.25) is 5.78 Å². The second-order valence-corrected chi connectivity index (χ2v) is 6.32. The van der Waals surface area contributed by atoms with Crippen LogP contribution in [0.3, 0.4) is 0 Å². The van der Waals surface area contributed by atoms with Crippen LogP contribution in [0.1, 0.15) is 27.6 Å². The molecule has 104 valence electrons. The lowest BCUT2D eigenvalue weighted by Gasteiger charge is -2.05. The molecule has 0 amide bonds. The Morgan fingerprint density at radius 2 is 1.85 bits per heavy atom. The van der Waals surface area contributed by atoms with E-state index in [2.05, 4.69) is 0 Å². The molecule has 20 heavy (non-hydrogen) atoms. The van der Waals surface area contributed by atoms with Crippen LogP contribution in [0.15, 0.2) is 30.3 Å². The second kappa shape index (κ2) is 6.39. The topological polar surface area (TPSA) is 43.4 Å². The number of Topliss-reactive ketones (excluding diaryl/α,β-unsaturated/α-hetero) is 2. The van der Waals surface area contributed by atoms with E-state index >= 15 is 0 Å². The molecular formula is C14H10Cl2O3S. The fourth-order valence-corrected chi connectivity index (χ4v) is 3.04. The van der Waals surface area contributed by atoms with Gasteiger partial charge < -0.3 is 4.74 Å². The maximum Gasteiger partial charge on any atom is 0.202 e. The molecule has 0 saturated carbocycles. The quantitative estimate of drug-likeness (QED) is 0.758. The molecule has 0 unspecified atom stereocenters. The Bertz CT molecular complexity index is 647. The molecule has 2 rings (SSSR count). The minimum Gasteiger partial charge on any atom is -0.485 e. The zero-order valence-electron chi connectivity index (χ0n) is 10.5. The number of benzene rings is 1. The summed E-state index contributed by atoms with van der Waals surface area (Å²) in [5, 5.41) is 0. The summed E-state index contributed by atoms with van der Waals surface area (Å²) in [6, 6.07) is 8.12. The lowest BCUT2D eigenvalue weighted by atomic mass is 10.1. The summed E-state index contributed by atoms with van der Waals surface area (Å²) in [4.78, 5) is 23.0. The van der Waals surface area contributed by atoms with Crippen molar-refractivity contribution in [1.82, 2.24) is 0 Å². The van der Waals surface area contributed by atoms with Gasteiger partial charge in [0.05, 0.1) is 9.90 Å². The predicted molar refractivity (Wildman–Crippen MR) is 80.6 cm³/mol. The number of thiophene rings is 1. The Kier molecular flexibility index (Phi) is 4.81. The van der Waals surface area contributed by atoms with Crippen molar-refractivity contribution in [3.05, 3.63) is 50.1 Å². The maximum atomic E-state index is 11.9. The van der Waals surface area contributed by atoms with Crippen LogP contribution in [0.2, 0.25) is 8.67 Å². The zero-order valence-corrected chi connectivity index (χ0v) is 12.8. The van der Waals surface area contributed by atoms with Crippen molar-refractivity contribution in [3.8, 4) is 5.75 Å². The first-order valence-corrected chi connectivity index (χ1v) is 7.26. The molecular weight excluding hydrogens is 319 g/mol. The molecule has 6 heteroatoms. The van der Waals surface area contributed by atoms with Gasteiger partial charge in [-0.05, 0) is 37.3 Å². The molecule has 0 aliphatic carbocycles. The van der Waals surface area contributed by atoms with Crippen molar-refractivity contribution in [2.45, 2.75) is 6.92 Å². The highest BCUT2D eigenvalue weighted by Crippen LogP contribution is 2.31. The molecule has 1 aromatic carbocycles. The summed E-state index contributed by atoms with van der Waals surface area (Å²) in [7, 11) is 0. The Hall–Kier alpha value is -1.36. The summed E-state index contributed by atoms with van der Waals surface area (Å²) in [5.74, 6) is 0.252. The smallest absolute Gasteiger partial charge is 0.202 e. The van der Waals surface area contributed by atoms with Crippen molar-refractivity contribution in [2.24, 2.45) is 0 Å². The van der Waals surface area contributed by atoms with E-state index in [9.17, 15) is 9.59 Å². The van der Waals surface area contributed by atoms with Gasteiger partial charge in [-0.3, -0.25) is 9.59 Å². The number of rotatable bonds is 5. The number of hydrogen-bond acceptors (Lipinski definition) is 4. The van der Waals surface area contributed by atoms with E-state index in [1.165, 1.54) is 13.0 Å². The van der Waals surface area contributed by atoms with Gasteiger partial charge in [0.25, 0.3) is 0 Å². The van der Waals surface area contributed by atoms with Crippen LogP contribution in [0, 0.1) is 0 Å². The number of halogens is 2. The SMILES string of the molecule is CC(=O)c1ccc(OCC(=O)c2cc(Cl)sc2Cl)cc1. The second-order valence-electron chi connectivity index (χ2n) is 4.03. The standard InChI is InChI=1S/C14H10Cl2O3S/c1-8(17)9-2-4-10(5-3-9)19-7-12(18)11-6-13(15)20-14(11)16/h2-6H,7H2,1H3. The van der Waals surface area contributed by atoms with E-state index in [0.717, 1.165) is 11.3 Å². The van der Waals surface area contributed by atoms with E-state index in [1.807, 2.05) is 0 Å². The normalized spacial score (nSPS) is 10.3. The highest BCUT2D eigenvalue weighted by molar-refractivity contribution is 7.20. The fraction of sp³-hybridized carbons (Fsp3) is 0.143. The molecule has 3 nitrogen and oxygen atoms in total. The van der Waals surface area contributed by atoms with E-state index in [1.54, 1.807) is 24.3 Å². The third-order valence-corrected chi connectivity index (χ3v) is 4.08. The Morgan fingerprint density at radius 1 is 1.20 bits per heavy atom. The molecule has 0 aliphatic rings. The summed E-state index contributed by atoms with van der Waals surface area (Å²) in [6.45, 7) is 1.36. The monoisotopic (exact) mass is 328 g/mol. The lowest BCUT2D eigenvalue weighted by Crippen LogP contribution is -2.11. The number of ether oxygens (including phenoxy) is 1.